The van der Waals surface area contributed by atoms with Crippen molar-refractivity contribution in [2.24, 2.45) is 16.5 Å². The molecule has 1 aromatic heterocycles. The Morgan fingerprint density at radius 2 is 2.12 bits per heavy atom. The molecule has 1 heterocycles. The van der Waals surface area contributed by atoms with E-state index in [4.69, 9.17) is 34.7 Å². The highest BCUT2D eigenvalue weighted by Crippen LogP contribution is 2.32. The second-order valence-corrected chi connectivity index (χ2v) is 5.23. The van der Waals surface area contributed by atoms with Gasteiger partial charge < -0.3 is 11.5 Å². The van der Waals surface area contributed by atoms with Gasteiger partial charge in [0, 0.05) is 11.1 Å². The molecular weight excluding hydrogens is 269 g/mol. The minimum Gasteiger partial charge on any atom is -0.370 e. The highest BCUT2D eigenvalue weighted by Gasteiger charge is 2.07. The summed E-state index contributed by atoms with van der Waals surface area (Å²) in [5.41, 5.74) is 11.2. The van der Waals surface area contributed by atoms with Crippen LogP contribution < -0.4 is 11.5 Å². The molecule has 16 heavy (non-hydrogen) atoms. The van der Waals surface area contributed by atoms with Crippen LogP contribution in [0.15, 0.2) is 16.6 Å². The van der Waals surface area contributed by atoms with Gasteiger partial charge in [-0.2, -0.15) is 4.99 Å². The lowest BCUT2D eigenvalue weighted by molar-refractivity contribution is -0.114. The lowest BCUT2D eigenvalue weighted by Gasteiger charge is -1.95. The van der Waals surface area contributed by atoms with Crippen molar-refractivity contribution in [3.8, 4) is 0 Å². The summed E-state index contributed by atoms with van der Waals surface area (Å²) in [5, 5.41) is 0. The van der Waals surface area contributed by atoms with Crippen molar-refractivity contribution >= 4 is 52.5 Å². The number of carbonyl (C=O) groups is 1. The summed E-state index contributed by atoms with van der Waals surface area (Å²) in [7, 11) is 0. The predicted molar refractivity (Wildman–Crippen MR) is 68.8 cm³/mol. The number of guanidine groups is 1. The molecule has 0 spiro atoms. The smallest absolute Gasteiger partial charge is 0.275 e. The number of amides is 1. The Labute approximate surface area is 107 Å². The average molecular weight is 278 g/mol. The van der Waals surface area contributed by atoms with Gasteiger partial charge in [-0.1, -0.05) is 23.2 Å². The van der Waals surface area contributed by atoms with Gasteiger partial charge in [0.25, 0.3) is 5.91 Å². The molecule has 0 unspecified atom stereocenters. The fourth-order valence-electron chi connectivity index (χ4n) is 0.952. The van der Waals surface area contributed by atoms with E-state index in [1.54, 1.807) is 19.1 Å². The molecule has 0 radical (unpaired) electrons. The van der Waals surface area contributed by atoms with Crippen molar-refractivity contribution < 1.29 is 4.79 Å². The lowest BCUT2D eigenvalue weighted by atomic mass is 10.2. The van der Waals surface area contributed by atoms with Crippen molar-refractivity contribution in [2.45, 2.75) is 6.92 Å². The highest BCUT2D eigenvalue weighted by atomic mass is 35.5. The molecule has 7 heteroatoms. The number of hydrogen-bond donors (Lipinski definition) is 2. The Balaban J connectivity index is 2.97. The second kappa shape index (κ2) is 5.34. The molecule has 0 aromatic carbocycles. The molecule has 4 N–H and O–H groups in total. The summed E-state index contributed by atoms with van der Waals surface area (Å²) >= 11 is 12.9. The largest absolute Gasteiger partial charge is 0.370 e. The third kappa shape index (κ3) is 3.52. The summed E-state index contributed by atoms with van der Waals surface area (Å²) < 4.78 is 1.07. The zero-order valence-electron chi connectivity index (χ0n) is 8.33. The first-order chi connectivity index (χ1) is 7.40. The minimum absolute atomic E-state index is 0.271. The summed E-state index contributed by atoms with van der Waals surface area (Å²) in [4.78, 5) is 14.8. The molecule has 0 aliphatic carbocycles. The zero-order chi connectivity index (χ0) is 12.3. The first-order valence-corrected chi connectivity index (χ1v) is 5.74. The number of thiophene rings is 1. The Bertz CT molecular complexity index is 475. The fraction of sp³-hybridized carbons (Fsp3) is 0.111. The quantitative estimate of drug-likeness (QED) is 0.494. The zero-order valence-corrected chi connectivity index (χ0v) is 10.7. The van der Waals surface area contributed by atoms with Crippen LogP contribution in [0.1, 0.15) is 12.5 Å². The molecular formula is C9H9Cl2N3OS. The highest BCUT2D eigenvalue weighted by molar-refractivity contribution is 7.20. The van der Waals surface area contributed by atoms with Gasteiger partial charge in [0.15, 0.2) is 5.96 Å². The normalized spacial score (nSPS) is 11.3. The van der Waals surface area contributed by atoms with Crippen LogP contribution in [0.3, 0.4) is 0 Å². The molecule has 1 rings (SSSR count). The van der Waals surface area contributed by atoms with E-state index in [1.807, 2.05) is 0 Å². The van der Waals surface area contributed by atoms with Crippen LogP contribution >= 0.6 is 34.5 Å². The maximum absolute atomic E-state index is 11.4. The van der Waals surface area contributed by atoms with E-state index in [2.05, 4.69) is 4.99 Å². The molecule has 0 saturated carbocycles. The minimum atomic E-state index is -0.501. The van der Waals surface area contributed by atoms with E-state index in [0.717, 1.165) is 0 Å². The SMILES string of the molecule is C/C(=C\c1cc(Cl)sc1Cl)C(=O)N=C(N)N. The van der Waals surface area contributed by atoms with E-state index in [9.17, 15) is 4.79 Å². The Morgan fingerprint density at radius 1 is 1.50 bits per heavy atom. The Morgan fingerprint density at radius 3 is 2.56 bits per heavy atom. The third-order valence-corrected chi connectivity index (χ3v) is 3.14. The molecule has 0 aliphatic rings. The van der Waals surface area contributed by atoms with Crippen molar-refractivity contribution in [1.29, 1.82) is 0 Å². The van der Waals surface area contributed by atoms with Crippen LogP contribution in [0.2, 0.25) is 8.67 Å². The molecule has 4 nitrogen and oxygen atoms in total. The Kier molecular flexibility index (Phi) is 4.35. The standard InChI is InChI=1S/C9H9Cl2N3OS/c1-4(8(15)14-9(12)13)2-5-3-6(10)16-7(5)11/h2-3H,1H3,(H4,12,13,14,15)/b4-2+. The van der Waals surface area contributed by atoms with Gasteiger partial charge in [-0.25, -0.2) is 0 Å². The summed E-state index contributed by atoms with van der Waals surface area (Å²) in [5.74, 6) is -0.773. The van der Waals surface area contributed by atoms with Crippen LogP contribution in [-0.4, -0.2) is 11.9 Å². The lowest BCUT2D eigenvalue weighted by Crippen LogP contribution is -2.24. The molecule has 0 saturated heterocycles. The van der Waals surface area contributed by atoms with Crippen molar-refractivity contribution in [1.82, 2.24) is 0 Å². The van der Waals surface area contributed by atoms with Gasteiger partial charge in [-0.3, -0.25) is 4.79 Å². The maximum Gasteiger partial charge on any atom is 0.275 e. The van der Waals surface area contributed by atoms with Crippen LogP contribution in [-0.2, 0) is 4.79 Å². The van der Waals surface area contributed by atoms with Gasteiger partial charge in [-0.15, -0.1) is 11.3 Å². The van der Waals surface area contributed by atoms with Crippen LogP contribution in [0, 0.1) is 0 Å². The van der Waals surface area contributed by atoms with E-state index in [0.29, 0.717) is 19.8 Å². The van der Waals surface area contributed by atoms with Crippen molar-refractivity contribution in [2.75, 3.05) is 0 Å². The van der Waals surface area contributed by atoms with Gasteiger partial charge in [0.2, 0.25) is 0 Å². The molecule has 1 amide bonds. The van der Waals surface area contributed by atoms with E-state index in [1.165, 1.54) is 11.3 Å². The maximum atomic E-state index is 11.4. The number of rotatable bonds is 2. The summed E-state index contributed by atoms with van der Waals surface area (Å²) in [6, 6.07) is 1.67. The number of nitrogens with two attached hydrogens (primary N) is 2. The van der Waals surface area contributed by atoms with E-state index >= 15 is 0 Å². The fourth-order valence-corrected chi connectivity index (χ4v) is 2.37. The number of halogens is 2. The predicted octanol–water partition coefficient (Wildman–Crippen LogP) is 2.26. The monoisotopic (exact) mass is 277 g/mol. The molecule has 1 aromatic rings. The number of carbonyl (C=O) groups excluding carboxylic acids is 1. The molecule has 0 aliphatic heterocycles. The van der Waals surface area contributed by atoms with Crippen LogP contribution in [0.4, 0.5) is 0 Å². The summed E-state index contributed by atoms with van der Waals surface area (Å²) in [6.45, 7) is 1.59. The first-order valence-electron chi connectivity index (χ1n) is 4.17. The summed E-state index contributed by atoms with van der Waals surface area (Å²) in [6.07, 6.45) is 1.58. The third-order valence-electron chi connectivity index (χ3n) is 1.62. The van der Waals surface area contributed by atoms with Gasteiger partial charge in [-0.05, 0) is 19.1 Å². The van der Waals surface area contributed by atoms with Crippen LogP contribution in [0.5, 0.6) is 0 Å². The Hall–Kier alpha value is -1.04. The molecule has 86 valence electrons. The van der Waals surface area contributed by atoms with Crippen molar-refractivity contribution in [3.05, 3.63) is 25.9 Å². The molecule has 0 fully saturated rings. The molecule has 0 bridgehead atoms. The van der Waals surface area contributed by atoms with Crippen LogP contribution in [0.25, 0.3) is 6.08 Å². The van der Waals surface area contributed by atoms with E-state index < -0.39 is 5.91 Å². The second-order valence-electron chi connectivity index (χ2n) is 2.95. The first kappa shape index (κ1) is 13.0. The molecule has 0 atom stereocenters. The average Bonchev–Trinajstić information content (AvgIpc) is 2.43. The van der Waals surface area contributed by atoms with Gasteiger partial charge in [0.1, 0.15) is 4.34 Å². The van der Waals surface area contributed by atoms with Crippen molar-refractivity contribution in [3.63, 3.8) is 0 Å². The number of hydrogen-bond acceptors (Lipinski definition) is 2. The van der Waals surface area contributed by atoms with Gasteiger partial charge in [0.05, 0.1) is 4.34 Å². The number of aliphatic imine (C=N–C) groups is 1. The number of nitrogens with zero attached hydrogens (tertiary/aromatic N) is 1. The van der Waals surface area contributed by atoms with Gasteiger partial charge >= 0.3 is 0 Å². The van der Waals surface area contributed by atoms with E-state index in [-0.39, 0.29) is 5.96 Å². The topological polar surface area (TPSA) is 81.5 Å².